The zero-order valence-electron chi connectivity index (χ0n) is 11.0. The van der Waals surface area contributed by atoms with Gasteiger partial charge in [-0.3, -0.25) is 4.79 Å². The second-order valence-electron chi connectivity index (χ2n) is 5.04. The molecule has 1 aliphatic carbocycles. The lowest BCUT2D eigenvalue weighted by Crippen LogP contribution is -2.32. The Labute approximate surface area is 108 Å². The first kappa shape index (κ1) is 14.8. The molecular weight excluding hydrogens is 232 g/mol. The number of amides is 1. The number of oxime groups is 1. The highest BCUT2D eigenvalue weighted by atomic mass is 16.4. The molecule has 1 rings (SSSR count). The number of amidine groups is 1. The van der Waals surface area contributed by atoms with Crippen LogP contribution in [0.1, 0.15) is 39.0 Å². The van der Waals surface area contributed by atoms with E-state index in [1.807, 2.05) is 6.92 Å². The highest BCUT2D eigenvalue weighted by Gasteiger charge is 2.42. The van der Waals surface area contributed by atoms with Crippen LogP contribution in [0.2, 0.25) is 0 Å². The Hall–Kier alpha value is -1.30. The third kappa shape index (κ3) is 5.35. The molecule has 6 heteroatoms. The average molecular weight is 256 g/mol. The lowest BCUT2D eigenvalue weighted by molar-refractivity contribution is -0.121. The van der Waals surface area contributed by atoms with E-state index < -0.39 is 0 Å². The summed E-state index contributed by atoms with van der Waals surface area (Å²) in [5.74, 6) is 0.376. The Bertz CT molecular complexity index is 300. The van der Waals surface area contributed by atoms with Crippen LogP contribution >= 0.6 is 0 Å². The average Bonchev–Trinajstić information content (AvgIpc) is 3.12. The Kier molecular flexibility index (Phi) is 5.91. The zero-order valence-corrected chi connectivity index (χ0v) is 11.0. The van der Waals surface area contributed by atoms with Crippen molar-refractivity contribution in [3.8, 4) is 0 Å². The monoisotopic (exact) mass is 256 g/mol. The number of hydrogen-bond donors (Lipinski definition) is 4. The fourth-order valence-electron chi connectivity index (χ4n) is 1.92. The molecule has 0 spiro atoms. The van der Waals surface area contributed by atoms with Crippen molar-refractivity contribution in [3.63, 3.8) is 0 Å². The van der Waals surface area contributed by atoms with Gasteiger partial charge in [-0.15, -0.1) is 0 Å². The lowest BCUT2D eigenvalue weighted by atomic mass is 10.0. The normalized spacial score (nSPS) is 17.5. The van der Waals surface area contributed by atoms with Gasteiger partial charge in [0, 0.05) is 32.5 Å². The molecule has 0 aromatic carbocycles. The summed E-state index contributed by atoms with van der Waals surface area (Å²) in [5.41, 5.74) is 5.66. The molecule has 1 aliphatic rings. The molecule has 0 unspecified atom stereocenters. The summed E-state index contributed by atoms with van der Waals surface area (Å²) in [6, 6.07) is 0. The molecule has 18 heavy (non-hydrogen) atoms. The first-order valence-electron chi connectivity index (χ1n) is 6.56. The smallest absolute Gasteiger partial charge is 0.221 e. The van der Waals surface area contributed by atoms with Crippen molar-refractivity contribution in [3.05, 3.63) is 0 Å². The van der Waals surface area contributed by atoms with Gasteiger partial charge in [0.1, 0.15) is 5.84 Å². The number of nitrogens with zero attached hydrogens (tertiary/aromatic N) is 1. The molecule has 0 radical (unpaired) electrons. The number of rotatable bonds is 9. The van der Waals surface area contributed by atoms with Crippen LogP contribution in [0.3, 0.4) is 0 Å². The van der Waals surface area contributed by atoms with Gasteiger partial charge in [0.15, 0.2) is 0 Å². The van der Waals surface area contributed by atoms with Gasteiger partial charge in [-0.1, -0.05) is 12.1 Å². The predicted octanol–water partition coefficient (Wildman–Crippen LogP) is 0.409. The number of nitrogens with two attached hydrogens (primary N) is 1. The number of hydrogen-bond acceptors (Lipinski definition) is 4. The van der Waals surface area contributed by atoms with Crippen molar-refractivity contribution in [2.75, 3.05) is 19.6 Å². The fraction of sp³-hybridized carbons (Fsp3) is 0.833. The van der Waals surface area contributed by atoms with Gasteiger partial charge in [0.2, 0.25) is 5.91 Å². The number of nitrogens with one attached hydrogen (secondary N) is 2. The van der Waals surface area contributed by atoms with Crippen molar-refractivity contribution < 1.29 is 10.0 Å². The SMILES string of the molecule is CCCNC(=O)CCNCC1(CC(N)=NO)CC1. The van der Waals surface area contributed by atoms with Gasteiger partial charge in [-0.05, 0) is 24.7 Å². The largest absolute Gasteiger partial charge is 0.409 e. The highest BCUT2D eigenvalue weighted by molar-refractivity contribution is 5.80. The van der Waals surface area contributed by atoms with E-state index in [9.17, 15) is 4.79 Å². The molecule has 1 saturated carbocycles. The van der Waals surface area contributed by atoms with Gasteiger partial charge in [-0.25, -0.2) is 0 Å². The van der Waals surface area contributed by atoms with Crippen LogP contribution in [-0.2, 0) is 4.79 Å². The molecule has 0 aromatic heterocycles. The van der Waals surface area contributed by atoms with E-state index in [-0.39, 0.29) is 17.2 Å². The van der Waals surface area contributed by atoms with Gasteiger partial charge < -0.3 is 21.6 Å². The van der Waals surface area contributed by atoms with E-state index in [4.69, 9.17) is 10.9 Å². The first-order valence-corrected chi connectivity index (χ1v) is 6.56. The number of carbonyl (C=O) groups excluding carboxylic acids is 1. The van der Waals surface area contributed by atoms with Crippen LogP contribution in [0.5, 0.6) is 0 Å². The van der Waals surface area contributed by atoms with Crippen LogP contribution < -0.4 is 16.4 Å². The lowest BCUT2D eigenvalue weighted by Gasteiger charge is -2.14. The minimum absolute atomic E-state index is 0.0885. The molecule has 1 amide bonds. The standard InChI is InChI=1S/C12H24N4O2/c1-2-6-15-11(17)3-7-14-9-12(4-5-12)8-10(13)16-18/h14,18H,2-9H2,1H3,(H2,13,16)(H,15,17). The molecule has 0 saturated heterocycles. The van der Waals surface area contributed by atoms with E-state index in [0.717, 1.165) is 32.4 Å². The van der Waals surface area contributed by atoms with Gasteiger partial charge >= 0.3 is 0 Å². The molecule has 0 bridgehead atoms. The van der Waals surface area contributed by atoms with Crippen molar-refractivity contribution in [1.29, 1.82) is 0 Å². The molecular formula is C12H24N4O2. The van der Waals surface area contributed by atoms with E-state index in [0.29, 0.717) is 19.4 Å². The predicted molar refractivity (Wildman–Crippen MR) is 70.5 cm³/mol. The summed E-state index contributed by atoms with van der Waals surface area (Å²) >= 11 is 0. The quantitative estimate of drug-likeness (QED) is 0.158. The molecule has 0 atom stereocenters. The van der Waals surface area contributed by atoms with E-state index in [1.54, 1.807) is 0 Å². The van der Waals surface area contributed by atoms with E-state index >= 15 is 0 Å². The second kappa shape index (κ2) is 7.20. The van der Waals surface area contributed by atoms with E-state index in [1.165, 1.54) is 0 Å². The van der Waals surface area contributed by atoms with Crippen LogP contribution in [0.25, 0.3) is 0 Å². The van der Waals surface area contributed by atoms with Crippen molar-refractivity contribution in [2.24, 2.45) is 16.3 Å². The summed E-state index contributed by atoms with van der Waals surface area (Å²) in [4.78, 5) is 11.3. The Morgan fingerprint density at radius 2 is 2.17 bits per heavy atom. The van der Waals surface area contributed by atoms with E-state index in [2.05, 4.69) is 15.8 Å². The Balaban J connectivity index is 2.09. The van der Waals surface area contributed by atoms with Gasteiger partial charge in [0.25, 0.3) is 0 Å². The van der Waals surface area contributed by atoms with Gasteiger partial charge in [-0.2, -0.15) is 0 Å². The van der Waals surface area contributed by atoms with Crippen LogP contribution in [0, 0.1) is 5.41 Å². The molecule has 1 fully saturated rings. The zero-order chi connectivity index (χ0) is 13.4. The minimum atomic E-state index is 0.0885. The summed E-state index contributed by atoms with van der Waals surface area (Å²) in [5, 5.41) is 17.7. The summed E-state index contributed by atoms with van der Waals surface area (Å²) in [6.45, 7) is 4.27. The van der Waals surface area contributed by atoms with Crippen molar-refractivity contribution >= 4 is 11.7 Å². The van der Waals surface area contributed by atoms with Crippen molar-refractivity contribution in [2.45, 2.75) is 39.0 Å². The summed E-state index contributed by atoms with van der Waals surface area (Å²) < 4.78 is 0. The third-order valence-electron chi connectivity index (χ3n) is 3.24. The van der Waals surface area contributed by atoms with Crippen LogP contribution in [0.15, 0.2) is 5.16 Å². The first-order chi connectivity index (χ1) is 8.62. The topological polar surface area (TPSA) is 99.7 Å². The Morgan fingerprint density at radius 1 is 1.44 bits per heavy atom. The number of carbonyl (C=O) groups is 1. The summed E-state index contributed by atoms with van der Waals surface area (Å²) in [7, 11) is 0. The maximum Gasteiger partial charge on any atom is 0.221 e. The molecule has 0 heterocycles. The maximum atomic E-state index is 11.3. The minimum Gasteiger partial charge on any atom is -0.409 e. The van der Waals surface area contributed by atoms with Gasteiger partial charge in [0.05, 0.1) is 0 Å². The Morgan fingerprint density at radius 3 is 2.72 bits per heavy atom. The molecule has 0 aliphatic heterocycles. The molecule has 104 valence electrons. The van der Waals surface area contributed by atoms with Crippen molar-refractivity contribution in [1.82, 2.24) is 10.6 Å². The van der Waals surface area contributed by atoms with Crippen LogP contribution in [0.4, 0.5) is 0 Å². The fourth-order valence-corrected chi connectivity index (χ4v) is 1.92. The maximum absolute atomic E-state index is 11.3. The van der Waals surface area contributed by atoms with Crippen LogP contribution in [-0.4, -0.2) is 36.6 Å². The summed E-state index contributed by atoms with van der Waals surface area (Å²) in [6.07, 6.45) is 4.27. The third-order valence-corrected chi connectivity index (χ3v) is 3.24. The molecule has 5 N–H and O–H groups in total. The molecule has 6 nitrogen and oxygen atoms in total. The molecule has 0 aromatic rings. The highest BCUT2D eigenvalue weighted by Crippen LogP contribution is 2.48. The second-order valence-corrected chi connectivity index (χ2v) is 5.04.